The third kappa shape index (κ3) is 3.33. The Morgan fingerprint density at radius 3 is 2.48 bits per heavy atom. The maximum atomic E-state index is 13.0. The molecule has 0 amide bonds. The smallest absolute Gasteiger partial charge is 0.478 e. The number of benzene rings is 2. The molecule has 1 aliphatic rings. The first kappa shape index (κ1) is 17.0. The van der Waals surface area contributed by atoms with Crippen LogP contribution in [0.3, 0.4) is 0 Å². The fourth-order valence-electron chi connectivity index (χ4n) is 2.23. The lowest BCUT2D eigenvalue weighted by molar-refractivity contribution is -0.286. The molecular formula is C15H11F2NO6S. The highest BCUT2D eigenvalue weighted by Crippen LogP contribution is 2.42. The summed E-state index contributed by atoms with van der Waals surface area (Å²) in [5.41, 5.74) is 0.197. The van der Waals surface area contributed by atoms with Gasteiger partial charge in [0.1, 0.15) is 0 Å². The van der Waals surface area contributed by atoms with Gasteiger partial charge in [-0.25, -0.2) is 13.2 Å². The van der Waals surface area contributed by atoms with Crippen LogP contribution in [0.2, 0.25) is 0 Å². The molecule has 2 aromatic carbocycles. The summed E-state index contributed by atoms with van der Waals surface area (Å²) in [6, 6.07) is 7.00. The van der Waals surface area contributed by atoms with E-state index in [0.29, 0.717) is 5.56 Å². The van der Waals surface area contributed by atoms with Gasteiger partial charge in [-0.3, -0.25) is 4.72 Å². The molecule has 0 saturated carbocycles. The summed E-state index contributed by atoms with van der Waals surface area (Å²) in [6.45, 7) is 1.53. The molecule has 7 nitrogen and oxygen atoms in total. The van der Waals surface area contributed by atoms with Crippen LogP contribution in [0.25, 0.3) is 0 Å². The van der Waals surface area contributed by atoms with E-state index in [2.05, 4.69) is 14.2 Å². The van der Waals surface area contributed by atoms with E-state index in [-0.39, 0.29) is 27.6 Å². The Bertz CT molecular complexity index is 974. The average Bonchev–Trinajstić information content (AvgIpc) is 2.79. The average molecular weight is 371 g/mol. The number of aryl methyl sites for hydroxylation is 1. The van der Waals surface area contributed by atoms with E-state index in [0.717, 1.165) is 18.2 Å². The second-order valence-electron chi connectivity index (χ2n) is 5.22. The van der Waals surface area contributed by atoms with Gasteiger partial charge in [0.05, 0.1) is 16.1 Å². The van der Waals surface area contributed by atoms with Crippen LogP contribution in [-0.4, -0.2) is 25.8 Å². The van der Waals surface area contributed by atoms with Crippen molar-refractivity contribution in [2.45, 2.75) is 18.1 Å². The van der Waals surface area contributed by atoms with Crippen molar-refractivity contribution >= 4 is 21.7 Å². The first-order valence-electron chi connectivity index (χ1n) is 6.84. The molecule has 0 aromatic heterocycles. The highest BCUT2D eigenvalue weighted by molar-refractivity contribution is 7.92. The van der Waals surface area contributed by atoms with Crippen LogP contribution in [0.1, 0.15) is 15.9 Å². The predicted molar refractivity (Wildman–Crippen MR) is 81.6 cm³/mol. The van der Waals surface area contributed by atoms with Gasteiger partial charge in [0, 0.05) is 6.07 Å². The zero-order valence-electron chi connectivity index (χ0n) is 12.6. The normalized spacial score (nSPS) is 15.0. The molecule has 0 spiro atoms. The zero-order valence-corrected chi connectivity index (χ0v) is 13.4. The fraction of sp³-hybridized carbons (Fsp3) is 0.133. The molecule has 10 heteroatoms. The maximum Gasteiger partial charge on any atom is 0.586 e. The highest BCUT2D eigenvalue weighted by atomic mass is 32.2. The van der Waals surface area contributed by atoms with Crippen LogP contribution in [-0.2, 0) is 10.0 Å². The Labute approximate surface area is 140 Å². The summed E-state index contributed by atoms with van der Waals surface area (Å²) < 4.78 is 61.4. The number of hydrogen-bond donors (Lipinski definition) is 2. The van der Waals surface area contributed by atoms with E-state index in [4.69, 9.17) is 5.11 Å². The maximum absolute atomic E-state index is 13.0. The summed E-state index contributed by atoms with van der Waals surface area (Å²) in [7, 11) is -4.13. The number of carboxylic acid groups (broad SMARTS) is 1. The standard InChI is InChI=1S/C15H11F2NO6S/c1-8-2-4-10(7-11(8)14(19)20)25(21,22)18-9-3-5-12-13(6-9)24-15(16,17)23-12/h2-7,18H,1H3,(H,19,20). The molecule has 0 bridgehead atoms. The number of aromatic carboxylic acids is 1. The summed E-state index contributed by atoms with van der Waals surface area (Å²) in [4.78, 5) is 10.9. The number of anilines is 1. The van der Waals surface area contributed by atoms with Crippen molar-refractivity contribution in [2.24, 2.45) is 0 Å². The molecule has 0 fully saturated rings. The van der Waals surface area contributed by atoms with E-state index < -0.39 is 22.3 Å². The van der Waals surface area contributed by atoms with E-state index in [1.54, 1.807) is 0 Å². The summed E-state index contributed by atoms with van der Waals surface area (Å²) in [5, 5.41) is 9.08. The number of nitrogens with one attached hydrogen (secondary N) is 1. The van der Waals surface area contributed by atoms with Gasteiger partial charge in [0.25, 0.3) is 10.0 Å². The number of carboxylic acids is 1. The number of ether oxygens (including phenoxy) is 2. The van der Waals surface area contributed by atoms with Crippen LogP contribution < -0.4 is 14.2 Å². The number of rotatable bonds is 4. The lowest BCUT2D eigenvalue weighted by atomic mass is 10.1. The van der Waals surface area contributed by atoms with Gasteiger partial charge in [0.2, 0.25) is 0 Å². The number of carbonyl (C=O) groups is 1. The van der Waals surface area contributed by atoms with Crippen LogP contribution in [0.5, 0.6) is 11.5 Å². The van der Waals surface area contributed by atoms with Crippen molar-refractivity contribution in [2.75, 3.05) is 4.72 Å². The van der Waals surface area contributed by atoms with Crippen molar-refractivity contribution in [1.82, 2.24) is 0 Å². The fourth-order valence-corrected chi connectivity index (χ4v) is 3.30. The largest absolute Gasteiger partial charge is 0.586 e. The van der Waals surface area contributed by atoms with Gasteiger partial charge in [0.15, 0.2) is 11.5 Å². The summed E-state index contributed by atoms with van der Waals surface area (Å²) in [6.07, 6.45) is -3.81. The van der Waals surface area contributed by atoms with Gasteiger partial charge in [-0.1, -0.05) is 6.07 Å². The minimum absolute atomic E-state index is 0.0440. The molecule has 0 atom stereocenters. The Morgan fingerprint density at radius 2 is 1.80 bits per heavy atom. The molecule has 0 saturated heterocycles. The van der Waals surface area contributed by atoms with Crippen LogP contribution in [0, 0.1) is 6.92 Å². The van der Waals surface area contributed by atoms with E-state index in [9.17, 15) is 22.0 Å². The molecule has 0 radical (unpaired) electrons. The molecule has 2 N–H and O–H groups in total. The minimum Gasteiger partial charge on any atom is -0.478 e. The number of fused-ring (bicyclic) bond motifs is 1. The monoisotopic (exact) mass is 371 g/mol. The number of hydrogen-bond acceptors (Lipinski definition) is 5. The SMILES string of the molecule is Cc1ccc(S(=O)(=O)Nc2ccc3c(c2)OC(F)(F)O3)cc1C(=O)O. The molecule has 3 rings (SSSR count). The Balaban J connectivity index is 1.91. The van der Waals surface area contributed by atoms with E-state index in [1.165, 1.54) is 25.1 Å². The molecule has 1 aliphatic heterocycles. The third-order valence-electron chi connectivity index (χ3n) is 3.40. The van der Waals surface area contributed by atoms with Gasteiger partial charge >= 0.3 is 12.3 Å². The third-order valence-corrected chi connectivity index (χ3v) is 4.78. The number of sulfonamides is 1. The van der Waals surface area contributed by atoms with Gasteiger partial charge < -0.3 is 14.6 Å². The Morgan fingerprint density at radius 1 is 1.12 bits per heavy atom. The van der Waals surface area contributed by atoms with Crippen LogP contribution >= 0.6 is 0 Å². The second-order valence-corrected chi connectivity index (χ2v) is 6.90. The number of alkyl halides is 2. The lowest BCUT2D eigenvalue weighted by Gasteiger charge is -2.10. The predicted octanol–water partition coefficient (Wildman–Crippen LogP) is 2.82. The molecule has 1 heterocycles. The van der Waals surface area contributed by atoms with E-state index >= 15 is 0 Å². The zero-order chi connectivity index (χ0) is 18.4. The molecule has 0 aliphatic carbocycles. The molecule has 132 valence electrons. The second kappa shape index (κ2) is 5.59. The Hall–Kier alpha value is -2.88. The quantitative estimate of drug-likeness (QED) is 0.857. The topological polar surface area (TPSA) is 102 Å². The van der Waals surface area contributed by atoms with Crippen molar-refractivity contribution in [3.8, 4) is 11.5 Å². The highest BCUT2D eigenvalue weighted by Gasteiger charge is 2.43. The number of halogens is 2. The van der Waals surface area contributed by atoms with Crippen LogP contribution in [0.15, 0.2) is 41.3 Å². The summed E-state index contributed by atoms with van der Waals surface area (Å²) in [5.74, 6) is -1.81. The van der Waals surface area contributed by atoms with Crippen molar-refractivity contribution in [1.29, 1.82) is 0 Å². The van der Waals surface area contributed by atoms with Gasteiger partial charge in [-0.05, 0) is 36.8 Å². The van der Waals surface area contributed by atoms with Crippen LogP contribution in [0.4, 0.5) is 14.5 Å². The molecular weight excluding hydrogens is 360 g/mol. The lowest BCUT2D eigenvalue weighted by Crippen LogP contribution is -2.25. The first-order valence-corrected chi connectivity index (χ1v) is 8.32. The minimum atomic E-state index is -4.13. The van der Waals surface area contributed by atoms with Gasteiger partial charge in [-0.2, -0.15) is 0 Å². The summed E-state index contributed by atoms with van der Waals surface area (Å²) >= 11 is 0. The first-order chi connectivity index (χ1) is 11.6. The van der Waals surface area contributed by atoms with Crippen molar-refractivity contribution < 1.29 is 36.6 Å². The van der Waals surface area contributed by atoms with Crippen molar-refractivity contribution in [3.05, 3.63) is 47.5 Å². The van der Waals surface area contributed by atoms with Gasteiger partial charge in [-0.15, -0.1) is 8.78 Å². The molecule has 0 unspecified atom stereocenters. The Kier molecular flexibility index (Phi) is 3.79. The van der Waals surface area contributed by atoms with Crippen molar-refractivity contribution in [3.63, 3.8) is 0 Å². The van der Waals surface area contributed by atoms with E-state index in [1.807, 2.05) is 0 Å². The molecule has 25 heavy (non-hydrogen) atoms. The molecule has 2 aromatic rings.